The van der Waals surface area contributed by atoms with Gasteiger partial charge in [-0.05, 0) is 55.9 Å². The van der Waals surface area contributed by atoms with Crippen molar-refractivity contribution in [2.75, 3.05) is 0 Å². The maximum absolute atomic E-state index is 12.2. The van der Waals surface area contributed by atoms with Crippen LogP contribution in [0.5, 0.6) is 0 Å². The maximum Gasteiger partial charge on any atom is 0.240 e. The van der Waals surface area contributed by atoms with Gasteiger partial charge in [0.05, 0.1) is 4.90 Å². The summed E-state index contributed by atoms with van der Waals surface area (Å²) in [5.41, 5.74) is 7.50. The molecule has 1 aromatic carbocycles. The molecule has 1 aliphatic rings. The van der Waals surface area contributed by atoms with Crippen molar-refractivity contribution in [3.63, 3.8) is 0 Å². The van der Waals surface area contributed by atoms with E-state index in [4.69, 9.17) is 5.73 Å². The third kappa shape index (κ3) is 2.91. The molecule has 1 aromatic rings. The van der Waals surface area contributed by atoms with Crippen LogP contribution in [0.3, 0.4) is 0 Å². The quantitative estimate of drug-likeness (QED) is 0.850. The average Bonchev–Trinajstić information content (AvgIpc) is 3.12. The molecule has 1 unspecified atom stereocenters. The van der Waals surface area contributed by atoms with Crippen molar-refractivity contribution in [3.8, 4) is 0 Å². The van der Waals surface area contributed by atoms with Gasteiger partial charge in [0.1, 0.15) is 0 Å². The molecule has 3 N–H and O–H groups in total. The summed E-state index contributed by atoms with van der Waals surface area (Å²) in [6.45, 7) is 4.21. The second kappa shape index (κ2) is 4.99. The first-order valence-electron chi connectivity index (χ1n) is 6.26. The van der Waals surface area contributed by atoms with Crippen molar-refractivity contribution in [1.29, 1.82) is 0 Å². The summed E-state index contributed by atoms with van der Waals surface area (Å²) in [4.78, 5) is 0.307. The highest BCUT2D eigenvalue weighted by Crippen LogP contribution is 2.33. The van der Waals surface area contributed by atoms with Crippen LogP contribution in [0.2, 0.25) is 0 Å². The Morgan fingerprint density at radius 2 is 2.11 bits per heavy atom. The number of hydrogen-bond acceptors (Lipinski definition) is 3. The molecule has 0 radical (unpaired) electrons. The second-order valence-corrected chi connectivity index (χ2v) is 6.75. The molecule has 0 spiro atoms. The van der Waals surface area contributed by atoms with Crippen LogP contribution in [0.4, 0.5) is 0 Å². The van der Waals surface area contributed by atoms with E-state index in [0.717, 1.165) is 24.0 Å². The van der Waals surface area contributed by atoms with Crippen molar-refractivity contribution in [3.05, 3.63) is 29.3 Å². The van der Waals surface area contributed by atoms with Crippen LogP contribution in [0.15, 0.2) is 23.1 Å². The summed E-state index contributed by atoms with van der Waals surface area (Å²) in [5.74, 6) is 0.499. The first-order chi connectivity index (χ1) is 8.44. The Balaban J connectivity index is 2.23. The average molecular weight is 268 g/mol. The lowest BCUT2D eigenvalue weighted by Crippen LogP contribution is -2.34. The number of hydrogen-bond donors (Lipinski definition) is 2. The molecule has 18 heavy (non-hydrogen) atoms. The highest BCUT2D eigenvalue weighted by molar-refractivity contribution is 7.89. The van der Waals surface area contributed by atoms with Crippen LogP contribution >= 0.6 is 0 Å². The molecule has 0 aliphatic heterocycles. The molecule has 1 fully saturated rings. The van der Waals surface area contributed by atoms with Crippen LogP contribution < -0.4 is 10.5 Å². The first kappa shape index (κ1) is 13.5. The Hall–Kier alpha value is -0.910. The van der Waals surface area contributed by atoms with Crippen molar-refractivity contribution >= 4 is 10.0 Å². The standard InChI is InChI=1S/C13H20N2O2S/c1-9-3-6-13(7-12(9)8-14)18(16,17)15-10(2)11-4-5-11/h3,6-7,10-11,15H,4-5,8,14H2,1-2H3. The van der Waals surface area contributed by atoms with Gasteiger partial charge in [-0.3, -0.25) is 0 Å². The van der Waals surface area contributed by atoms with E-state index in [-0.39, 0.29) is 6.04 Å². The third-order valence-electron chi connectivity index (χ3n) is 3.52. The Kier molecular flexibility index (Phi) is 3.75. The number of nitrogens with one attached hydrogen (secondary N) is 1. The molecule has 0 aromatic heterocycles. The van der Waals surface area contributed by atoms with Gasteiger partial charge in [-0.1, -0.05) is 6.07 Å². The number of aryl methyl sites for hydroxylation is 1. The molecule has 0 heterocycles. The molecular weight excluding hydrogens is 248 g/mol. The Bertz CT molecular complexity index is 536. The van der Waals surface area contributed by atoms with Gasteiger partial charge >= 0.3 is 0 Å². The highest BCUT2D eigenvalue weighted by Gasteiger charge is 2.31. The van der Waals surface area contributed by atoms with Gasteiger partial charge in [0, 0.05) is 12.6 Å². The molecular formula is C13H20N2O2S. The molecule has 1 saturated carbocycles. The predicted octanol–water partition coefficient (Wildman–Crippen LogP) is 1.53. The largest absolute Gasteiger partial charge is 0.326 e. The summed E-state index contributed by atoms with van der Waals surface area (Å²) < 4.78 is 27.1. The zero-order chi connectivity index (χ0) is 13.3. The van der Waals surface area contributed by atoms with Crippen molar-refractivity contribution in [2.24, 2.45) is 11.7 Å². The number of rotatable bonds is 5. The molecule has 2 rings (SSSR count). The maximum atomic E-state index is 12.2. The minimum atomic E-state index is -3.42. The SMILES string of the molecule is Cc1ccc(S(=O)(=O)NC(C)C2CC2)cc1CN. The van der Waals surface area contributed by atoms with Crippen molar-refractivity contribution in [1.82, 2.24) is 4.72 Å². The molecule has 0 saturated heterocycles. The van der Waals surface area contributed by atoms with Gasteiger partial charge in [0.25, 0.3) is 0 Å². The summed E-state index contributed by atoms with van der Waals surface area (Å²) in [5, 5.41) is 0. The zero-order valence-corrected chi connectivity index (χ0v) is 11.6. The van der Waals surface area contributed by atoms with Gasteiger partial charge in [-0.2, -0.15) is 0 Å². The summed E-state index contributed by atoms with van der Waals surface area (Å²) in [6.07, 6.45) is 2.23. The van der Waals surface area contributed by atoms with Crippen LogP contribution in [0, 0.1) is 12.8 Å². The Morgan fingerprint density at radius 3 is 2.67 bits per heavy atom. The fraction of sp³-hybridized carbons (Fsp3) is 0.538. The van der Waals surface area contributed by atoms with Gasteiger partial charge in [-0.25, -0.2) is 13.1 Å². The topological polar surface area (TPSA) is 72.2 Å². The van der Waals surface area contributed by atoms with E-state index in [1.54, 1.807) is 18.2 Å². The monoisotopic (exact) mass is 268 g/mol. The lowest BCUT2D eigenvalue weighted by atomic mass is 10.1. The third-order valence-corrected chi connectivity index (χ3v) is 5.08. The molecule has 0 bridgehead atoms. The van der Waals surface area contributed by atoms with Crippen molar-refractivity contribution in [2.45, 2.75) is 44.2 Å². The second-order valence-electron chi connectivity index (χ2n) is 5.04. The molecule has 1 atom stereocenters. The highest BCUT2D eigenvalue weighted by atomic mass is 32.2. The molecule has 0 amide bonds. The minimum Gasteiger partial charge on any atom is -0.326 e. The van der Waals surface area contributed by atoms with Gasteiger partial charge in [0.15, 0.2) is 0 Å². The molecule has 100 valence electrons. The van der Waals surface area contributed by atoms with E-state index < -0.39 is 10.0 Å². The van der Waals surface area contributed by atoms with Crippen LogP contribution in [0.1, 0.15) is 30.9 Å². The molecule has 1 aliphatic carbocycles. The van der Waals surface area contributed by atoms with Crippen LogP contribution in [0.25, 0.3) is 0 Å². The van der Waals surface area contributed by atoms with E-state index in [2.05, 4.69) is 4.72 Å². The van der Waals surface area contributed by atoms with E-state index in [1.165, 1.54) is 0 Å². The van der Waals surface area contributed by atoms with Crippen LogP contribution in [-0.4, -0.2) is 14.5 Å². The first-order valence-corrected chi connectivity index (χ1v) is 7.74. The predicted molar refractivity (Wildman–Crippen MR) is 71.6 cm³/mol. The van der Waals surface area contributed by atoms with Crippen LogP contribution in [-0.2, 0) is 16.6 Å². The number of sulfonamides is 1. The lowest BCUT2D eigenvalue weighted by Gasteiger charge is -2.14. The van der Waals surface area contributed by atoms with Gasteiger partial charge in [0.2, 0.25) is 10.0 Å². The minimum absolute atomic E-state index is 0.0117. The fourth-order valence-electron chi connectivity index (χ4n) is 2.04. The molecule has 4 nitrogen and oxygen atoms in total. The summed E-state index contributed by atoms with van der Waals surface area (Å²) >= 11 is 0. The normalized spacial score (nSPS) is 17.7. The summed E-state index contributed by atoms with van der Waals surface area (Å²) in [7, 11) is -3.42. The Labute approximate surface area is 109 Å². The van der Waals surface area contributed by atoms with E-state index >= 15 is 0 Å². The van der Waals surface area contributed by atoms with Gasteiger partial charge < -0.3 is 5.73 Å². The Morgan fingerprint density at radius 1 is 1.44 bits per heavy atom. The molecule has 5 heteroatoms. The number of benzene rings is 1. The fourth-order valence-corrected chi connectivity index (χ4v) is 3.40. The van der Waals surface area contributed by atoms with E-state index in [1.807, 2.05) is 13.8 Å². The lowest BCUT2D eigenvalue weighted by molar-refractivity contribution is 0.538. The van der Waals surface area contributed by atoms with Gasteiger partial charge in [-0.15, -0.1) is 0 Å². The van der Waals surface area contributed by atoms with Crippen molar-refractivity contribution < 1.29 is 8.42 Å². The smallest absolute Gasteiger partial charge is 0.240 e. The van der Waals surface area contributed by atoms with E-state index in [9.17, 15) is 8.42 Å². The summed E-state index contributed by atoms with van der Waals surface area (Å²) in [6, 6.07) is 5.12. The van der Waals surface area contributed by atoms with E-state index in [0.29, 0.717) is 17.4 Å². The number of nitrogens with two attached hydrogens (primary N) is 1. The zero-order valence-electron chi connectivity index (χ0n) is 10.8.